The number of methoxy groups -OCH3 is 1. The molecule has 2 fully saturated rings. The lowest BCUT2D eigenvalue weighted by atomic mass is 9.43. The second kappa shape index (κ2) is 6.08. The Hall–Kier alpha value is -1.36. The zero-order chi connectivity index (χ0) is 17.2. The monoisotopic (exact) mass is 389 g/mol. The fourth-order valence-corrected chi connectivity index (χ4v) is 7.28. The van der Waals surface area contributed by atoms with Gasteiger partial charge in [-0.3, -0.25) is 4.79 Å². The molecule has 4 unspecified atom stereocenters. The first-order chi connectivity index (χ1) is 12.1. The molecule has 1 saturated carbocycles. The first-order valence-corrected chi connectivity index (χ1v) is 9.91. The molecule has 4 atom stereocenters. The van der Waals surface area contributed by atoms with Gasteiger partial charge in [0.25, 0.3) is 0 Å². The van der Waals surface area contributed by atoms with Crippen molar-refractivity contribution in [2.24, 2.45) is 11.3 Å². The molecule has 0 spiro atoms. The molecular weight excluding hydrogens is 366 g/mol. The Kier molecular flexibility index (Phi) is 4.22. The van der Waals surface area contributed by atoms with Gasteiger partial charge in [0.2, 0.25) is 0 Å². The molecule has 1 N–H and O–H groups in total. The Bertz CT molecular complexity index is 865. The van der Waals surface area contributed by atoms with E-state index in [1.165, 1.54) is 20.9 Å². The molecule has 0 radical (unpaired) electrons. The minimum absolute atomic E-state index is 0. The standard InChI is InChI=1S/C21H23NO2S.ClH/c1-13-7-8-18(25-13)20-10-9-16(14-5-3-4-6-15(14)20)21(19(23)24-2)12-22-11-17(20)21;/h3-8,16-17,22H,9-12H2,1-2H3;1H. The minimum Gasteiger partial charge on any atom is -0.469 e. The van der Waals surface area contributed by atoms with E-state index in [2.05, 4.69) is 48.6 Å². The molecule has 1 aromatic carbocycles. The Balaban J connectivity index is 0.00000168. The maximum Gasteiger partial charge on any atom is 0.314 e. The highest BCUT2D eigenvalue weighted by Crippen LogP contribution is 2.68. The van der Waals surface area contributed by atoms with Gasteiger partial charge in [0, 0.05) is 40.1 Å². The van der Waals surface area contributed by atoms with Crippen LogP contribution in [-0.4, -0.2) is 26.2 Å². The number of thiophene rings is 1. The van der Waals surface area contributed by atoms with Crippen molar-refractivity contribution in [3.8, 4) is 0 Å². The highest BCUT2D eigenvalue weighted by atomic mass is 35.5. The van der Waals surface area contributed by atoms with Crippen LogP contribution in [-0.2, 0) is 14.9 Å². The van der Waals surface area contributed by atoms with Crippen LogP contribution in [0.4, 0.5) is 0 Å². The number of nitrogens with one attached hydrogen (secondary N) is 1. The lowest BCUT2D eigenvalue weighted by Gasteiger charge is -2.59. The van der Waals surface area contributed by atoms with Gasteiger partial charge in [0.15, 0.2) is 0 Å². The summed E-state index contributed by atoms with van der Waals surface area (Å²) in [5.41, 5.74) is 2.31. The number of esters is 1. The van der Waals surface area contributed by atoms with E-state index in [1.807, 2.05) is 11.3 Å². The maximum absolute atomic E-state index is 13.1. The van der Waals surface area contributed by atoms with Crippen LogP contribution in [0.5, 0.6) is 0 Å². The van der Waals surface area contributed by atoms with Crippen LogP contribution in [0.3, 0.4) is 0 Å². The fraction of sp³-hybridized carbons (Fsp3) is 0.476. The molecule has 138 valence electrons. The Labute approximate surface area is 164 Å². The first-order valence-electron chi connectivity index (χ1n) is 9.10. The van der Waals surface area contributed by atoms with E-state index < -0.39 is 5.41 Å². The molecule has 2 bridgehead atoms. The van der Waals surface area contributed by atoms with Crippen molar-refractivity contribution >= 4 is 29.7 Å². The molecule has 2 aromatic rings. The molecule has 3 nitrogen and oxygen atoms in total. The second-order valence-corrected chi connectivity index (χ2v) is 9.06. The third-order valence-corrected chi connectivity index (χ3v) is 8.17. The predicted molar refractivity (Wildman–Crippen MR) is 106 cm³/mol. The molecule has 5 heteroatoms. The summed E-state index contributed by atoms with van der Waals surface area (Å²) in [7, 11) is 1.54. The van der Waals surface area contributed by atoms with E-state index >= 15 is 0 Å². The van der Waals surface area contributed by atoms with E-state index in [1.54, 1.807) is 7.11 Å². The van der Waals surface area contributed by atoms with Crippen LogP contribution in [0, 0.1) is 18.3 Å². The third-order valence-electron chi connectivity index (χ3n) is 6.99. The summed E-state index contributed by atoms with van der Waals surface area (Å²) in [6, 6.07) is 13.3. The number of halogens is 1. The average molecular weight is 390 g/mol. The van der Waals surface area contributed by atoms with Gasteiger partial charge in [-0.05, 0) is 43.0 Å². The van der Waals surface area contributed by atoms with Crippen LogP contribution in [0.1, 0.15) is 39.6 Å². The summed E-state index contributed by atoms with van der Waals surface area (Å²) < 4.78 is 5.37. The van der Waals surface area contributed by atoms with Gasteiger partial charge in [-0.15, -0.1) is 23.7 Å². The molecule has 0 amide bonds. The molecule has 1 aliphatic heterocycles. The molecule has 1 saturated heterocycles. The SMILES string of the molecule is COC(=O)C12CNCC1C1(c3ccc(C)s3)CCC2c2ccccc21.Cl. The predicted octanol–water partition coefficient (Wildman–Crippen LogP) is 4.03. The van der Waals surface area contributed by atoms with Crippen molar-refractivity contribution in [2.45, 2.75) is 31.1 Å². The van der Waals surface area contributed by atoms with Crippen LogP contribution in [0.15, 0.2) is 36.4 Å². The summed E-state index contributed by atoms with van der Waals surface area (Å²) in [5, 5.41) is 3.56. The highest BCUT2D eigenvalue weighted by molar-refractivity contribution is 7.12. The maximum atomic E-state index is 13.1. The average Bonchev–Trinajstić information content (AvgIpc) is 3.29. The van der Waals surface area contributed by atoms with Gasteiger partial charge in [-0.25, -0.2) is 0 Å². The summed E-state index contributed by atoms with van der Waals surface area (Å²) in [6.45, 7) is 3.79. The normalized spacial score (nSPS) is 33.9. The molecule has 1 aromatic heterocycles. The van der Waals surface area contributed by atoms with Crippen LogP contribution < -0.4 is 5.32 Å². The van der Waals surface area contributed by atoms with Gasteiger partial charge in [0.05, 0.1) is 12.5 Å². The zero-order valence-corrected chi connectivity index (χ0v) is 16.7. The van der Waals surface area contributed by atoms with Gasteiger partial charge < -0.3 is 10.1 Å². The number of aryl methyl sites for hydroxylation is 1. The summed E-state index contributed by atoms with van der Waals surface area (Å²) in [4.78, 5) is 15.8. The van der Waals surface area contributed by atoms with Crippen LogP contribution in [0.2, 0.25) is 0 Å². The summed E-state index contributed by atoms with van der Waals surface area (Å²) in [6.07, 6.45) is 2.18. The lowest BCUT2D eigenvalue weighted by molar-refractivity contribution is -0.161. The van der Waals surface area contributed by atoms with E-state index in [-0.39, 0.29) is 35.6 Å². The highest BCUT2D eigenvalue weighted by Gasteiger charge is 2.69. The van der Waals surface area contributed by atoms with Crippen LogP contribution in [0.25, 0.3) is 0 Å². The molecule has 2 heterocycles. The number of rotatable bonds is 2. The van der Waals surface area contributed by atoms with Crippen LogP contribution >= 0.6 is 23.7 Å². The van der Waals surface area contributed by atoms with E-state index in [4.69, 9.17) is 4.74 Å². The van der Waals surface area contributed by atoms with Crippen molar-refractivity contribution in [1.29, 1.82) is 0 Å². The van der Waals surface area contributed by atoms with Crippen molar-refractivity contribution < 1.29 is 9.53 Å². The zero-order valence-electron chi connectivity index (χ0n) is 15.1. The van der Waals surface area contributed by atoms with Gasteiger partial charge in [-0.2, -0.15) is 0 Å². The number of carbonyl (C=O) groups is 1. The molecular formula is C21H24ClNO2S. The van der Waals surface area contributed by atoms with Crippen molar-refractivity contribution in [3.05, 3.63) is 57.3 Å². The lowest BCUT2D eigenvalue weighted by Crippen LogP contribution is -2.60. The number of fused-ring (bicyclic) bond motifs is 1. The van der Waals surface area contributed by atoms with E-state index in [9.17, 15) is 4.79 Å². The number of hydrogen-bond acceptors (Lipinski definition) is 4. The smallest absolute Gasteiger partial charge is 0.314 e. The molecule has 26 heavy (non-hydrogen) atoms. The molecule has 3 aliphatic carbocycles. The van der Waals surface area contributed by atoms with E-state index in [0.29, 0.717) is 0 Å². The topological polar surface area (TPSA) is 38.3 Å². The largest absolute Gasteiger partial charge is 0.469 e. The summed E-state index contributed by atoms with van der Waals surface area (Å²) in [5.74, 6) is 0.498. The Morgan fingerprint density at radius 3 is 2.81 bits per heavy atom. The minimum atomic E-state index is -0.431. The number of benzene rings is 1. The molecule has 6 rings (SSSR count). The van der Waals surface area contributed by atoms with Crippen molar-refractivity contribution in [3.63, 3.8) is 0 Å². The second-order valence-electron chi connectivity index (χ2n) is 7.78. The van der Waals surface area contributed by atoms with Crippen molar-refractivity contribution in [2.75, 3.05) is 20.2 Å². The Morgan fingerprint density at radius 2 is 2.08 bits per heavy atom. The Morgan fingerprint density at radius 1 is 1.27 bits per heavy atom. The summed E-state index contributed by atoms with van der Waals surface area (Å²) >= 11 is 1.89. The number of hydrogen-bond donors (Lipinski definition) is 1. The quantitative estimate of drug-likeness (QED) is 0.788. The fourth-order valence-electron chi connectivity index (χ4n) is 6.12. The van der Waals surface area contributed by atoms with Gasteiger partial charge in [0.1, 0.15) is 0 Å². The van der Waals surface area contributed by atoms with Gasteiger partial charge >= 0.3 is 5.97 Å². The van der Waals surface area contributed by atoms with E-state index in [0.717, 1.165) is 25.9 Å². The number of carbonyl (C=O) groups excluding carboxylic acids is 1. The first kappa shape index (κ1) is 18.0. The van der Waals surface area contributed by atoms with Gasteiger partial charge in [-0.1, -0.05) is 24.3 Å². The third kappa shape index (κ3) is 1.96. The molecule has 4 aliphatic rings. The number of ether oxygens (including phenoxy) is 1. The van der Waals surface area contributed by atoms with Crippen molar-refractivity contribution in [1.82, 2.24) is 5.32 Å².